The molecule has 0 saturated heterocycles. The van der Waals surface area contributed by atoms with Crippen LogP contribution in [0, 0.1) is 6.92 Å². The van der Waals surface area contributed by atoms with Crippen LogP contribution in [0.25, 0.3) is 0 Å². The Kier molecular flexibility index (Phi) is 6.45. The van der Waals surface area contributed by atoms with Gasteiger partial charge in [0.05, 0.1) is 4.90 Å². The van der Waals surface area contributed by atoms with E-state index in [1.807, 2.05) is 6.07 Å². The lowest BCUT2D eigenvalue weighted by molar-refractivity contribution is -0.119. The number of anilines is 3. The number of hydrogen-bond donors (Lipinski definition) is 2. The number of amides is 2. The average molecular weight is 430 g/mol. The Hall–Kier alpha value is -2.87. The lowest BCUT2D eigenvalue weighted by Gasteiger charge is -2.30. The van der Waals surface area contributed by atoms with Gasteiger partial charge in [0.15, 0.2) is 0 Å². The van der Waals surface area contributed by atoms with Crippen molar-refractivity contribution in [1.82, 2.24) is 0 Å². The van der Waals surface area contributed by atoms with Crippen LogP contribution in [0.15, 0.2) is 41.3 Å². The lowest BCUT2D eigenvalue weighted by atomic mass is 10.00. The first-order chi connectivity index (χ1) is 14.2. The highest BCUT2D eigenvalue weighted by atomic mass is 32.2. The first kappa shape index (κ1) is 21.8. The van der Waals surface area contributed by atoms with Gasteiger partial charge < -0.3 is 10.2 Å². The molecule has 7 nitrogen and oxygen atoms in total. The zero-order valence-corrected chi connectivity index (χ0v) is 18.3. The number of aryl methyl sites for hydroxylation is 2. The van der Waals surface area contributed by atoms with Gasteiger partial charge in [-0.1, -0.05) is 13.3 Å². The zero-order valence-electron chi connectivity index (χ0n) is 17.5. The standard InChI is InChI=1S/C22H27N3O4S/c1-4-5-12-25-20-9-7-19(14-17(20)6-11-22(25)27)24-30(28,29)21-10-8-18(13-15(21)2)23-16(3)26/h7-10,13-14,24H,4-6,11-12H2,1-3H3,(H,23,26). The maximum Gasteiger partial charge on any atom is 0.262 e. The number of rotatable bonds is 7. The number of carbonyl (C=O) groups excluding carboxylic acids is 2. The maximum atomic E-state index is 12.9. The fourth-order valence-electron chi connectivity index (χ4n) is 3.63. The quantitative estimate of drug-likeness (QED) is 0.699. The molecule has 3 rings (SSSR count). The molecule has 0 atom stereocenters. The van der Waals surface area contributed by atoms with E-state index >= 15 is 0 Å². The summed E-state index contributed by atoms with van der Waals surface area (Å²) in [6, 6.07) is 9.97. The van der Waals surface area contributed by atoms with Crippen molar-refractivity contribution in [2.45, 2.75) is 51.3 Å². The molecule has 0 unspecified atom stereocenters. The van der Waals surface area contributed by atoms with Gasteiger partial charge in [-0.15, -0.1) is 0 Å². The van der Waals surface area contributed by atoms with Gasteiger partial charge in [-0.2, -0.15) is 0 Å². The smallest absolute Gasteiger partial charge is 0.262 e. The molecule has 2 aromatic carbocycles. The van der Waals surface area contributed by atoms with E-state index in [0.29, 0.717) is 36.3 Å². The molecule has 8 heteroatoms. The molecule has 30 heavy (non-hydrogen) atoms. The van der Waals surface area contributed by atoms with E-state index in [1.165, 1.54) is 13.0 Å². The molecule has 2 amide bonds. The Balaban J connectivity index is 1.84. The second-order valence-corrected chi connectivity index (χ2v) is 9.16. The summed E-state index contributed by atoms with van der Waals surface area (Å²) < 4.78 is 28.5. The summed E-state index contributed by atoms with van der Waals surface area (Å²) in [6.07, 6.45) is 2.94. The second kappa shape index (κ2) is 8.87. The summed E-state index contributed by atoms with van der Waals surface area (Å²) in [6.45, 7) is 5.84. The topological polar surface area (TPSA) is 95.6 Å². The van der Waals surface area contributed by atoms with Crippen LogP contribution in [0.4, 0.5) is 17.1 Å². The fraction of sp³-hybridized carbons (Fsp3) is 0.364. The van der Waals surface area contributed by atoms with Crippen LogP contribution in [0.2, 0.25) is 0 Å². The van der Waals surface area contributed by atoms with Crippen molar-refractivity contribution in [1.29, 1.82) is 0 Å². The Morgan fingerprint density at radius 2 is 1.83 bits per heavy atom. The molecular weight excluding hydrogens is 402 g/mol. The summed E-state index contributed by atoms with van der Waals surface area (Å²) in [5.74, 6) is -0.109. The normalized spacial score (nSPS) is 13.7. The SMILES string of the molecule is CCCCN1C(=O)CCc2cc(NS(=O)(=O)c3ccc(NC(C)=O)cc3C)ccc21. The fourth-order valence-corrected chi connectivity index (χ4v) is 4.90. The summed E-state index contributed by atoms with van der Waals surface area (Å²) in [5.41, 5.74) is 3.36. The third kappa shape index (κ3) is 4.81. The van der Waals surface area contributed by atoms with Crippen molar-refractivity contribution in [3.8, 4) is 0 Å². The molecule has 0 spiro atoms. The van der Waals surface area contributed by atoms with Crippen molar-refractivity contribution < 1.29 is 18.0 Å². The van der Waals surface area contributed by atoms with E-state index in [2.05, 4.69) is 17.0 Å². The molecule has 1 aliphatic heterocycles. The Morgan fingerprint density at radius 1 is 1.10 bits per heavy atom. The largest absolute Gasteiger partial charge is 0.326 e. The second-order valence-electron chi connectivity index (χ2n) is 7.51. The van der Waals surface area contributed by atoms with Crippen LogP contribution >= 0.6 is 0 Å². The number of unbranched alkanes of at least 4 members (excludes halogenated alkanes) is 1. The molecule has 2 N–H and O–H groups in total. The van der Waals surface area contributed by atoms with Crippen LogP contribution in [0.1, 0.15) is 44.2 Å². The third-order valence-corrected chi connectivity index (χ3v) is 6.59. The molecule has 0 radical (unpaired) electrons. The summed E-state index contributed by atoms with van der Waals surface area (Å²) in [7, 11) is -3.80. The number of fused-ring (bicyclic) bond motifs is 1. The molecule has 0 aliphatic carbocycles. The van der Waals surface area contributed by atoms with Gasteiger partial charge >= 0.3 is 0 Å². The highest BCUT2D eigenvalue weighted by molar-refractivity contribution is 7.92. The Bertz CT molecular complexity index is 1080. The van der Waals surface area contributed by atoms with Crippen molar-refractivity contribution in [3.63, 3.8) is 0 Å². The molecule has 0 bridgehead atoms. The van der Waals surface area contributed by atoms with Crippen LogP contribution in [-0.4, -0.2) is 26.8 Å². The van der Waals surface area contributed by atoms with E-state index in [9.17, 15) is 18.0 Å². The molecule has 0 aromatic heterocycles. The van der Waals surface area contributed by atoms with Gasteiger partial charge in [0.2, 0.25) is 11.8 Å². The maximum absolute atomic E-state index is 12.9. The average Bonchev–Trinajstić information content (AvgIpc) is 2.66. The van der Waals surface area contributed by atoms with Crippen molar-refractivity contribution in [3.05, 3.63) is 47.5 Å². The number of nitrogens with one attached hydrogen (secondary N) is 2. The zero-order chi connectivity index (χ0) is 21.9. The van der Waals surface area contributed by atoms with E-state index in [0.717, 1.165) is 24.1 Å². The van der Waals surface area contributed by atoms with E-state index < -0.39 is 10.0 Å². The van der Waals surface area contributed by atoms with Crippen molar-refractivity contribution in [2.24, 2.45) is 0 Å². The Morgan fingerprint density at radius 3 is 2.50 bits per heavy atom. The summed E-state index contributed by atoms with van der Waals surface area (Å²) in [4.78, 5) is 25.4. The third-order valence-electron chi connectivity index (χ3n) is 5.05. The molecule has 1 aliphatic rings. The predicted molar refractivity (Wildman–Crippen MR) is 118 cm³/mol. The number of nitrogens with zero attached hydrogens (tertiary/aromatic N) is 1. The molecule has 160 valence electrons. The van der Waals surface area contributed by atoms with Gasteiger partial charge in [0, 0.05) is 37.0 Å². The van der Waals surface area contributed by atoms with Crippen molar-refractivity contribution >= 4 is 38.9 Å². The first-order valence-electron chi connectivity index (χ1n) is 10.1. The number of benzene rings is 2. The van der Waals surface area contributed by atoms with Crippen LogP contribution < -0.4 is 14.9 Å². The van der Waals surface area contributed by atoms with E-state index in [4.69, 9.17) is 0 Å². The summed E-state index contributed by atoms with van der Waals surface area (Å²) in [5, 5.41) is 2.64. The van der Waals surface area contributed by atoms with Crippen LogP contribution in [-0.2, 0) is 26.0 Å². The monoisotopic (exact) mass is 429 g/mol. The van der Waals surface area contributed by atoms with Crippen LogP contribution in [0.3, 0.4) is 0 Å². The van der Waals surface area contributed by atoms with Gasteiger partial charge in [-0.3, -0.25) is 14.3 Å². The van der Waals surface area contributed by atoms with Gasteiger partial charge in [0.1, 0.15) is 0 Å². The molecule has 2 aromatic rings. The van der Waals surface area contributed by atoms with Gasteiger partial charge in [-0.05, 0) is 67.3 Å². The van der Waals surface area contributed by atoms with Gasteiger partial charge in [-0.25, -0.2) is 8.42 Å². The van der Waals surface area contributed by atoms with Crippen LogP contribution in [0.5, 0.6) is 0 Å². The van der Waals surface area contributed by atoms with E-state index in [1.54, 1.807) is 36.1 Å². The molecule has 0 fully saturated rings. The summed E-state index contributed by atoms with van der Waals surface area (Å²) >= 11 is 0. The number of carbonyl (C=O) groups is 2. The minimum Gasteiger partial charge on any atom is -0.326 e. The minimum atomic E-state index is -3.80. The minimum absolute atomic E-state index is 0.110. The predicted octanol–water partition coefficient (Wildman–Crippen LogP) is 3.83. The lowest BCUT2D eigenvalue weighted by Crippen LogP contribution is -2.35. The van der Waals surface area contributed by atoms with E-state index in [-0.39, 0.29) is 16.7 Å². The highest BCUT2D eigenvalue weighted by Gasteiger charge is 2.25. The number of sulfonamides is 1. The number of hydrogen-bond acceptors (Lipinski definition) is 4. The molecule has 1 heterocycles. The first-order valence-corrected chi connectivity index (χ1v) is 11.5. The van der Waals surface area contributed by atoms with Crippen molar-refractivity contribution in [2.75, 3.05) is 21.5 Å². The Labute approximate surface area is 177 Å². The highest BCUT2D eigenvalue weighted by Crippen LogP contribution is 2.32. The molecule has 0 saturated carbocycles. The molecular formula is C22H27N3O4S. The van der Waals surface area contributed by atoms with Gasteiger partial charge in [0.25, 0.3) is 10.0 Å².